The van der Waals surface area contributed by atoms with Gasteiger partial charge in [-0.05, 0) is 12.1 Å². The highest BCUT2D eigenvalue weighted by Crippen LogP contribution is 2.23. The lowest BCUT2D eigenvalue weighted by atomic mass is 10.1. The van der Waals surface area contributed by atoms with Crippen molar-refractivity contribution in [2.75, 3.05) is 47.5 Å². The summed E-state index contributed by atoms with van der Waals surface area (Å²) in [6.45, 7) is 1.85. The fourth-order valence-electron chi connectivity index (χ4n) is 2.33. The normalized spacial score (nSPS) is 14.5. The number of hydrogen-bond donors (Lipinski definition) is 0. The number of benzene rings is 1. The van der Waals surface area contributed by atoms with Crippen LogP contribution in [0.1, 0.15) is 10.4 Å². The summed E-state index contributed by atoms with van der Waals surface area (Å²) in [5.74, 6) is 1.02. The lowest BCUT2D eigenvalue weighted by molar-refractivity contribution is 0.0599. The van der Waals surface area contributed by atoms with Crippen LogP contribution in [0, 0.1) is 0 Å². The molecule has 2 rings (SSSR count). The first-order valence-corrected chi connectivity index (χ1v) is 6.94. The van der Waals surface area contributed by atoms with E-state index in [2.05, 4.69) is 4.74 Å². The van der Waals surface area contributed by atoms with Crippen molar-refractivity contribution in [1.82, 2.24) is 9.80 Å². The summed E-state index contributed by atoms with van der Waals surface area (Å²) in [5.41, 5.74) is 0.503. The van der Waals surface area contributed by atoms with Crippen LogP contribution in [0.5, 0.6) is 11.5 Å². The third-order valence-electron chi connectivity index (χ3n) is 3.60. The highest BCUT2D eigenvalue weighted by molar-refractivity contribution is 5.95. The number of carbonyl (C=O) groups excluding carboxylic acids is 2. The Morgan fingerprint density at radius 1 is 0.864 bits per heavy atom. The Hall–Kier alpha value is -2.44. The molecule has 0 N–H and O–H groups in total. The van der Waals surface area contributed by atoms with Gasteiger partial charge in [0.2, 0.25) is 0 Å². The van der Waals surface area contributed by atoms with Crippen LogP contribution in [-0.4, -0.2) is 69.3 Å². The van der Waals surface area contributed by atoms with Crippen LogP contribution in [0.3, 0.4) is 0 Å². The Balaban J connectivity index is 2.08. The van der Waals surface area contributed by atoms with Crippen molar-refractivity contribution in [3.05, 3.63) is 23.8 Å². The lowest BCUT2D eigenvalue weighted by Crippen LogP contribution is -2.50. The molecule has 0 aliphatic carbocycles. The average Bonchev–Trinajstić information content (AvgIpc) is 2.59. The zero-order valence-corrected chi connectivity index (χ0v) is 13.0. The van der Waals surface area contributed by atoms with Crippen LogP contribution < -0.4 is 9.47 Å². The van der Waals surface area contributed by atoms with Crippen molar-refractivity contribution in [1.29, 1.82) is 0 Å². The molecule has 7 nitrogen and oxygen atoms in total. The largest absolute Gasteiger partial charge is 0.497 e. The molecule has 1 aromatic carbocycles. The van der Waals surface area contributed by atoms with Crippen LogP contribution in [0.4, 0.5) is 4.79 Å². The summed E-state index contributed by atoms with van der Waals surface area (Å²) >= 11 is 0. The van der Waals surface area contributed by atoms with E-state index in [1.54, 1.807) is 28.0 Å². The van der Waals surface area contributed by atoms with Gasteiger partial charge in [0.25, 0.3) is 5.91 Å². The predicted octanol–water partition coefficient (Wildman–Crippen LogP) is 1.23. The Labute approximate surface area is 129 Å². The maximum atomic E-state index is 12.6. The van der Waals surface area contributed by atoms with Crippen LogP contribution in [-0.2, 0) is 4.74 Å². The monoisotopic (exact) mass is 308 g/mol. The second-order valence-electron chi connectivity index (χ2n) is 4.85. The number of rotatable bonds is 3. The zero-order valence-electron chi connectivity index (χ0n) is 13.0. The average molecular weight is 308 g/mol. The van der Waals surface area contributed by atoms with E-state index in [0.717, 1.165) is 0 Å². The molecule has 0 saturated carbocycles. The van der Waals surface area contributed by atoms with Crippen molar-refractivity contribution in [3.63, 3.8) is 0 Å². The van der Waals surface area contributed by atoms with Crippen molar-refractivity contribution < 1.29 is 23.8 Å². The molecule has 0 bridgehead atoms. The number of nitrogens with zero attached hydrogens (tertiary/aromatic N) is 2. The Bertz CT molecular complexity index is 531. The second kappa shape index (κ2) is 7.02. The summed E-state index contributed by atoms with van der Waals surface area (Å²) in [6, 6.07) is 5.07. The predicted molar refractivity (Wildman–Crippen MR) is 79.4 cm³/mol. The number of hydrogen-bond acceptors (Lipinski definition) is 5. The van der Waals surface area contributed by atoms with E-state index in [0.29, 0.717) is 43.2 Å². The second-order valence-corrected chi connectivity index (χ2v) is 4.85. The van der Waals surface area contributed by atoms with Gasteiger partial charge in [0.15, 0.2) is 0 Å². The summed E-state index contributed by atoms with van der Waals surface area (Å²) in [6.07, 6.45) is -0.366. The Kier molecular flexibility index (Phi) is 5.08. The molecule has 0 aromatic heterocycles. The maximum Gasteiger partial charge on any atom is 0.409 e. The fourth-order valence-corrected chi connectivity index (χ4v) is 2.33. The molecule has 22 heavy (non-hydrogen) atoms. The van der Waals surface area contributed by atoms with Gasteiger partial charge in [-0.3, -0.25) is 4.79 Å². The quantitative estimate of drug-likeness (QED) is 0.840. The van der Waals surface area contributed by atoms with Gasteiger partial charge in [-0.25, -0.2) is 4.79 Å². The van der Waals surface area contributed by atoms with Gasteiger partial charge in [0.05, 0.1) is 21.3 Å². The van der Waals surface area contributed by atoms with Gasteiger partial charge >= 0.3 is 6.09 Å². The van der Waals surface area contributed by atoms with Crippen molar-refractivity contribution >= 4 is 12.0 Å². The Morgan fingerprint density at radius 2 is 1.36 bits per heavy atom. The summed E-state index contributed by atoms with van der Waals surface area (Å²) < 4.78 is 15.0. The molecule has 0 atom stereocenters. The van der Waals surface area contributed by atoms with Gasteiger partial charge in [0.1, 0.15) is 11.5 Å². The minimum Gasteiger partial charge on any atom is -0.497 e. The van der Waals surface area contributed by atoms with Gasteiger partial charge in [-0.15, -0.1) is 0 Å². The topological polar surface area (TPSA) is 68.3 Å². The van der Waals surface area contributed by atoms with Crippen LogP contribution in [0.2, 0.25) is 0 Å². The highest BCUT2D eigenvalue weighted by atomic mass is 16.5. The van der Waals surface area contributed by atoms with Gasteiger partial charge in [-0.2, -0.15) is 0 Å². The standard InChI is InChI=1S/C15H20N2O5/c1-20-12-8-11(9-13(10-12)21-2)14(18)16-4-6-17(7-5-16)15(19)22-3/h8-10H,4-7H2,1-3H3. The van der Waals surface area contributed by atoms with Gasteiger partial charge in [-0.1, -0.05) is 0 Å². The highest BCUT2D eigenvalue weighted by Gasteiger charge is 2.25. The molecule has 2 amide bonds. The molecule has 1 aliphatic rings. The Morgan fingerprint density at radius 3 is 1.82 bits per heavy atom. The summed E-state index contributed by atoms with van der Waals surface area (Å²) in [7, 11) is 4.43. The molecule has 1 aliphatic heterocycles. The van der Waals surface area contributed by atoms with Crippen molar-refractivity contribution in [2.45, 2.75) is 0 Å². The summed E-state index contributed by atoms with van der Waals surface area (Å²) in [4.78, 5) is 27.3. The van der Waals surface area contributed by atoms with Gasteiger partial charge < -0.3 is 24.0 Å². The molecule has 120 valence electrons. The SMILES string of the molecule is COC(=O)N1CCN(C(=O)c2cc(OC)cc(OC)c2)CC1. The third kappa shape index (κ3) is 3.41. The molecule has 0 spiro atoms. The number of piperazine rings is 1. The van der Waals surface area contributed by atoms with Crippen LogP contribution >= 0.6 is 0 Å². The number of carbonyl (C=O) groups is 2. The third-order valence-corrected chi connectivity index (χ3v) is 3.60. The minimum atomic E-state index is -0.366. The molecule has 1 aromatic rings. The number of ether oxygens (including phenoxy) is 3. The van der Waals surface area contributed by atoms with E-state index < -0.39 is 0 Å². The number of methoxy groups -OCH3 is 3. The zero-order chi connectivity index (χ0) is 16.1. The smallest absolute Gasteiger partial charge is 0.409 e. The minimum absolute atomic E-state index is 0.110. The van der Waals surface area contributed by atoms with Crippen LogP contribution in [0.15, 0.2) is 18.2 Å². The molecule has 0 radical (unpaired) electrons. The number of amides is 2. The van der Waals surface area contributed by atoms with E-state index in [1.165, 1.54) is 21.3 Å². The van der Waals surface area contributed by atoms with Gasteiger partial charge in [0, 0.05) is 37.8 Å². The fraction of sp³-hybridized carbons (Fsp3) is 0.467. The van der Waals surface area contributed by atoms with Crippen molar-refractivity contribution in [2.24, 2.45) is 0 Å². The molecule has 1 heterocycles. The molecule has 1 fully saturated rings. The maximum absolute atomic E-state index is 12.6. The molecular weight excluding hydrogens is 288 g/mol. The van der Waals surface area contributed by atoms with E-state index in [4.69, 9.17) is 9.47 Å². The van der Waals surface area contributed by atoms with E-state index >= 15 is 0 Å². The van der Waals surface area contributed by atoms with E-state index in [9.17, 15) is 9.59 Å². The van der Waals surface area contributed by atoms with Crippen molar-refractivity contribution in [3.8, 4) is 11.5 Å². The molecular formula is C15H20N2O5. The summed E-state index contributed by atoms with van der Waals surface area (Å²) in [5, 5.41) is 0. The van der Waals surface area contributed by atoms with E-state index in [-0.39, 0.29) is 12.0 Å². The van der Waals surface area contributed by atoms with Crippen LogP contribution in [0.25, 0.3) is 0 Å². The molecule has 1 saturated heterocycles. The van der Waals surface area contributed by atoms with E-state index in [1.807, 2.05) is 0 Å². The first-order chi connectivity index (χ1) is 10.6. The molecule has 0 unspecified atom stereocenters. The molecule has 7 heteroatoms. The first-order valence-electron chi connectivity index (χ1n) is 6.94. The lowest BCUT2D eigenvalue weighted by Gasteiger charge is -2.33. The first kappa shape index (κ1) is 15.9.